The average molecular weight is 340 g/mol. The Hall–Kier alpha value is -2.36. The van der Waals surface area contributed by atoms with E-state index in [2.05, 4.69) is 17.4 Å². The van der Waals surface area contributed by atoms with Crippen LogP contribution in [-0.4, -0.2) is 25.0 Å². The Balaban J connectivity index is 1.60. The number of benzene rings is 2. The summed E-state index contributed by atoms with van der Waals surface area (Å²) in [6, 6.07) is 16.8. The van der Waals surface area contributed by atoms with Crippen molar-refractivity contribution < 1.29 is 9.18 Å². The van der Waals surface area contributed by atoms with E-state index in [9.17, 15) is 9.18 Å². The van der Waals surface area contributed by atoms with Crippen molar-refractivity contribution in [1.82, 2.24) is 5.32 Å². The third-order valence-corrected chi connectivity index (χ3v) is 4.96. The molecule has 1 amide bonds. The van der Waals surface area contributed by atoms with Crippen LogP contribution in [0.25, 0.3) is 0 Å². The lowest BCUT2D eigenvalue weighted by Crippen LogP contribution is -2.43. The predicted octanol–water partition coefficient (Wildman–Crippen LogP) is 3.89. The van der Waals surface area contributed by atoms with Crippen molar-refractivity contribution in [3.05, 3.63) is 66.0 Å². The van der Waals surface area contributed by atoms with Gasteiger partial charge in [0.25, 0.3) is 0 Å². The molecule has 0 aliphatic heterocycles. The molecule has 0 aromatic heterocycles. The number of hydrogen-bond acceptors (Lipinski definition) is 2. The van der Waals surface area contributed by atoms with Crippen molar-refractivity contribution in [2.45, 2.75) is 38.1 Å². The zero-order valence-corrected chi connectivity index (χ0v) is 14.8. The summed E-state index contributed by atoms with van der Waals surface area (Å²) in [6.45, 7) is 5.01. The molecule has 0 bridgehead atoms. The van der Waals surface area contributed by atoms with Crippen LogP contribution in [0.15, 0.2) is 54.6 Å². The number of amides is 1. The van der Waals surface area contributed by atoms with Crippen molar-refractivity contribution in [2.75, 3.05) is 18.0 Å². The van der Waals surface area contributed by atoms with Gasteiger partial charge in [-0.25, -0.2) is 4.39 Å². The Morgan fingerprint density at radius 3 is 2.32 bits per heavy atom. The lowest BCUT2D eigenvalue weighted by atomic mass is 9.96. The van der Waals surface area contributed by atoms with Gasteiger partial charge in [-0.3, -0.25) is 4.79 Å². The normalized spacial score (nSPS) is 15.0. The lowest BCUT2D eigenvalue weighted by molar-refractivity contribution is -0.120. The molecule has 3 rings (SSSR count). The van der Waals surface area contributed by atoms with E-state index in [-0.39, 0.29) is 29.7 Å². The topological polar surface area (TPSA) is 32.3 Å². The van der Waals surface area contributed by atoms with Crippen LogP contribution in [0.4, 0.5) is 10.1 Å². The van der Waals surface area contributed by atoms with Gasteiger partial charge in [0.1, 0.15) is 5.82 Å². The molecular formula is C21H25FN2O. The highest BCUT2D eigenvalue weighted by Crippen LogP contribution is 2.47. The molecule has 1 aliphatic carbocycles. The van der Waals surface area contributed by atoms with Crippen molar-refractivity contribution in [3.63, 3.8) is 0 Å². The molecule has 2 aromatic rings. The first-order valence-electron chi connectivity index (χ1n) is 8.85. The summed E-state index contributed by atoms with van der Waals surface area (Å²) in [5.41, 5.74) is 2.26. The molecule has 3 nitrogen and oxygen atoms in total. The lowest BCUT2D eigenvalue weighted by Gasteiger charge is -2.28. The van der Waals surface area contributed by atoms with Gasteiger partial charge >= 0.3 is 0 Å². The number of anilines is 1. The van der Waals surface area contributed by atoms with Crippen molar-refractivity contribution in [2.24, 2.45) is 0 Å². The first kappa shape index (κ1) is 17.5. The number of hydrogen-bond donors (Lipinski definition) is 1. The second kappa shape index (κ2) is 7.26. The summed E-state index contributed by atoms with van der Waals surface area (Å²) >= 11 is 0. The highest BCUT2D eigenvalue weighted by atomic mass is 19.1. The summed E-state index contributed by atoms with van der Waals surface area (Å²) < 4.78 is 13.1. The first-order chi connectivity index (χ1) is 12.0. The maximum absolute atomic E-state index is 13.1. The summed E-state index contributed by atoms with van der Waals surface area (Å²) in [5, 5.41) is 3.10. The predicted molar refractivity (Wildman–Crippen MR) is 99.2 cm³/mol. The van der Waals surface area contributed by atoms with E-state index in [1.165, 1.54) is 17.7 Å². The molecule has 1 N–H and O–H groups in total. The minimum atomic E-state index is -0.268. The van der Waals surface area contributed by atoms with Crippen molar-refractivity contribution in [3.8, 4) is 0 Å². The fourth-order valence-electron chi connectivity index (χ4n) is 3.19. The second-order valence-electron chi connectivity index (χ2n) is 7.12. The van der Waals surface area contributed by atoms with Crippen LogP contribution in [0.3, 0.4) is 0 Å². The first-order valence-corrected chi connectivity index (χ1v) is 8.85. The average Bonchev–Trinajstić information content (AvgIpc) is 3.41. The SMILES string of the molecule is CC(C)N(CC(=O)NCC1(c2ccccc2)CC1)c1ccc(F)cc1. The zero-order chi connectivity index (χ0) is 17.9. The van der Waals surface area contributed by atoms with Crippen LogP contribution in [-0.2, 0) is 10.2 Å². The Morgan fingerprint density at radius 2 is 1.76 bits per heavy atom. The number of rotatable bonds is 7. The van der Waals surface area contributed by atoms with Crippen LogP contribution in [0, 0.1) is 5.82 Å². The Bertz CT molecular complexity index is 708. The third kappa shape index (κ3) is 4.19. The maximum Gasteiger partial charge on any atom is 0.239 e. The van der Waals surface area contributed by atoms with Gasteiger partial charge in [-0.15, -0.1) is 0 Å². The van der Waals surface area contributed by atoms with Crippen LogP contribution in [0.5, 0.6) is 0 Å². The van der Waals surface area contributed by atoms with Gasteiger partial charge in [0.15, 0.2) is 0 Å². The molecule has 0 atom stereocenters. The van der Waals surface area contributed by atoms with E-state index in [1.54, 1.807) is 12.1 Å². The molecule has 0 heterocycles. The number of carbonyl (C=O) groups is 1. The molecule has 25 heavy (non-hydrogen) atoms. The number of nitrogens with one attached hydrogen (secondary N) is 1. The molecule has 132 valence electrons. The Kier molecular flexibility index (Phi) is 5.07. The fraction of sp³-hybridized carbons (Fsp3) is 0.381. The van der Waals surface area contributed by atoms with Gasteiger partial charge in [0.05, 0.1) is 6.54 Å². The smallest absolute Gasteiger partial charge is 0.239 e. The van der Waals surface area contributed by atoms with Gasteiger partial charge in [-0.2, -0.15) is 0 Å². The molecule has 0 spiro atoms. The van der Waals surface area contributed by atoms with Gasteiger partial charge in [-0.05, 0) is 56.5 Å². The Labute approximate surface area is 148 Å². The molecule has 4 heteroatoms. The van der Waals surface area contributed by atoms with Gasteiger partial charge in [0.2, 0.25) is 5.91 Å². The fourth-order valence-corrected chi connectivity index (χ4v) is 3.19. The van der Waals surface area contributed by atoms with Crippen LogP contribution in [0.2, 0.25) is 0 Å². The standard InChI is InChI=1S/C21H25FN2O/c1-16(2)24(19-10-8-18(22)9-11-19)14-20(25)23-15-21(12-13-21)17-6-4-3-5-7-17/h3-11,16H,12-15H2,1-2H3,(H,23,25). The molecule has 2 aromatic carbocycles. The van der Waals surface area contributed by atoms with Crippen molar-refractivity contribution in [1.29, 1.82) is 0 Å². The largest absolute Gasteiger partial charge is 0.360 e. The number of carbonyl (C=O) groups excluding carboxylic acids is 1. The van der Waals surface area contributed by atoms with E-state index >= 15 is 0 Å². The summed E-state index contributed by atoms with van der Waals surface area (Å²) in [6.07, 6.45) is 2.23. The Morgan fingerprint density at radius 1 is 1.12 bits per heavy atom. The van der Waals surface area contributed by atoms with Crippen LogP contribution >= 0.6 is 0 Å². The molecule has 0 saturated heterocycles. The van der Waals surface area contributed by atoms with E-state index in [0.29, 0.717) is 6.54 Å². The monoisotopic (exact) mass is 340 g/mol. The number of halogens is 1. The maximum atomic E-state index is 13.1. The minimum Gasteiger partial charge on any atom is -0.360 e. The van der Waals surface area contributed by atoms with Crippen LogP contribution < -0.4 is 10.2 Å². The molecular weight excluding hydrogens is 315 g/mol. The van der Waals surface area contributed by atoms with Gasteiger partial charge in [-0.1, -0.05) is 30.3 Å². The molecule has 0 radical (unpaired) electrons. The summed E-state index contributed by atoms with van der Waals surface area (Å²) in [4.78, 5) is 14.5. The summed E-state index contributed by atoms with van der Waals surface area (Å²) in [5.74, 6) is -0.268. The van der Waals surface area contributed by atoms with E-state index in [0.717, 1.165) is 18.5 Å². The summed E-state index contributed by atoms with van der Waals surface area (Å²) in [7, 11) is 0. The molecule has 1 fully saturated rings. The second-order valence-corrected chi connectivity index (χ2v) is 7.12. The van der Waals surface area contributed by atoms with Crippen LogP contribution in [0.1, 0.15) is 32.3 Å². The zero-order valence-electron chi connectivity index (χ0n) is 14.8. The third-order valence-electron chi connectivity index (χ3n) is 4.96. The molecule has 1 aliphatic rings. The van der Waals surface area contributed by atoms with Crippen molar-refractivity contribution >= 4 is 11.6 Å². The van der Waals surface area contributed by atoms with E-state index in [1.807, 2.05) is 36.9 Å². The highest BCUT2D eigenvalue weighted by Gasteiger charge is 2.44. The molecule has 0 unspecified atom stereocenters. The van der Waals surface area contributed by atoms with Gasteiger partial charge < -0.3 is 10.2 Å². The van der Waals surface area contributed by atoms with E-state index < -0.39 is 0 Å². The van der Waals surface area contributed by atoms with Gasteiger partial charge in [0, 0.05) is 23.7 Å². The molecule has 1 saturated carbocycles. The van der Waals surface area contributed by atoms with E-state index in [4.69, 9.17) is 0 Å². The highest BCUT2D eigenvalue weighted by molar-refractivity contribution is 5.81. The minimum absolute atomic E-state index is 0.000214. The quantitative estimate of drug-likeness (QED) is 0.829. The number of nitrogens with zero attached hydrogens (tertiary/aromatic N) is 1.